The van der Waals surface area contributed by atoms with Gasteiger partial charge in [0.15, 0.2) is 0 Å². The number of piperazine rings is 1. The van der Waals surface area contributed by atoms with Gasteiger partial charge in [-0.2, -0.15) is 0 Å². The van der Waals surface area contributed by atoms with E-state index in [1.54, 1.807) is 18.5 Å². The summed E-state index contributed by atoms with van der Waals surface area (Å²) in [6, 6.07) is 13.9. The first-order valence-corrected chi connectivity index (χ1v) is 9.29. The van der Waals surface area contributed by atoms with Gasteiger partial charge in [0.05, 0.1) is 5.56 Å². The van der Waals surface area contributed by atoms with E-state index in [4.69, 9.17) is 0 Å². The van der Waals surface area contributed by atoms with E-state index in [9.17, 15) is 4.79 Å². The average molecular weight is 361 g/mol. The van der Waals surface area contributed by atoms with Crippen LogP contribution in [-0.2, 0) is 6.54 Å². The van der Waals surface area contributed by atoms with Crippen LogP contribution in [0.5, 0.6) is 0 Å². The first kappa shape index (κ1) is 17.4. The van der Waals surface area contributed by atoms with E-state index in [1.807, 2.05) is 41.6 Å². The summed E-state index contributed by atoms with van der Waals surface area (Å²) in [5.41, 5.74) is 1.80. The number of carbonyl (C=O) groups is 1. The smallest absolute Gasteiger partial charge is 0.255 e. The highest BCUT2D eigenvalue weighted by Crippen LogP contribution is 2.17. The fraction of sp³-hybridized carbons (Fsp3) is 0.286. The largest absolute Gasteiger partial charge is 0.336 e. The van der Waals surface area contributed by atoms with Gasteiger partial charge in [-0.15, -0.1) is 0 Å². The van der Waals surface area contributed by atoms with Crippen LogP contribution in [0.2, 0.25) is 0 Å². The van der Waals surface area contributed by atoms with Gasteiger partial charge in [-0.25, -0.2) is 4.98 Å². The molecule has 27 heavy (non-hydrogen) atoms. The molecule has 4 rings (SSSR count). The van der Waals surface area contributed by atoms with Gasteiger partial charge >= 0.3 is 0 Å². The lowest BCUT2D eigenvalue weighted by Gasteiger charge is -2.34. The second-order valence-corrected chi connectivity index (χ2v) is 6.69. The summed E-state index contributed by atoms with van der Waals surface area (Å²) in [4.78, 5) is 25.4. The van der Waals surface area contributed by atoms with Crippen molar-refractivity contribution in [2.75, 3.05) is 32.7 Å². The zero-order valence-corrected chi connectivity index (χ0v) is 15.2. The van der Waals surface area contributed by atoms with E-state index >= 15 is 0 Å². The first-order valence-electron chi connectivity index (χ1n) is 9.29. The van der Waals surface area contributed by atoms with Crippen molar-refractivity contribution in [2.24, 2.45) is 0 Å². The zero-order chi connectivity index (χ0) is 18.5. The number of pyridine rings is 1. The highest BCUT2D eigenvalue weighted by Gasteiger charge is 2.22. The van der Waals surface area contributed by atoms with Gasteiger partial charge in [-0.1, -0.05) is 30.3 Å². The second kappa shape index (κ2) is 8.14. The molecule has 138 valence electrons. The first-order chi connectivity index (χ1) is 13.3. The Morgan fingerprint density at radius 2 is 1.74 bits per heavy atom. The third-order valence-corrected chi connectivity index (χ3v) is 4.97. The minimum Gasteiger partial charge on any atom is -0.336 e. The van der Waals surface area contributed by atoms with Crippen LogP contribution < -0.4 is 0 Å². The van der Waals surface area contributed by atoms with Gasteiger partial charge in [0, 0.05) is 69.6 Å². The SMILES string of the molecule is O=C(c1cccnc1)N1CCN(CCn2ccnc2-c2ccccc2)CC1. The molecule has 0 saturated carbocycles. The number of rotatable bonds is 5. The lowest BCUT2D eigenvalue weighted by molar-refractivity contribution is 0.0633. The highest BCUT2D eigenvalue weighted by atomic mass is 16.2. The summed E-state index contributed by atoms with van der Waals surface area (Å²) >= 11 is 0. The lowest BCUT2D eigenvalue weighted by Crippen LogP contribution is -2.49. The van der Waals surface area contributed by atoms with Crippen LogP contribution in [0.25, 0.3) is 11.4 Å². The molecule has 3 aromatic rings. The molecule has 0 spiro atoms. The van der Waals surface area contributed by atoms with Gasteiger partial charge in [-0.3, -0.25) is 14.7 Å². The molecule has 0 radical (unpaired) electrons. The van der Waals surface area contributed by atoms with Crippen molar-refractivity contribution in [3.63, 3.8) is 0 Å². The van der Waals surface area contributed by atoms with E-state index in [0.717, 1.165) is 50.7 Å². The highest BCUT2D eigenvalue weighted by molar-refractivity contribution is 5.93. The predicted octanol–water partition coefficient (Wildman–Crippen LogP) is 2.40. The Bertz CT molecular complexity index is 870. The minimum absolute atomic E-state index is 0.0729. The van der Waals surface area contributed by atoms with E-state index in [0.29, 0.717) is 5.56 Å². The molecule has 0 bridgehead atoms. The number of amides is 1. The maximum Gasteiger partial charge on any atom is 0.255 e. The molecule has 1 fully saturated rings. The van der Waals surface area contributed by atoms with Crippen LogP contribution in [-0.4, -0.2) is 63.0 Å². The number of nitrogens with zero attached hydrogens (tertiary/aromatic N) is 5. The van der Waals surface area contributed by atoms with Crippen molar-refractivity contribution in [1.29, 1.82) is 0 Å². The molecule has 1 saturated heterocycles. The van der Waals surface area contributed by atoms with Crippen molar-refractivity contribution >= 4 is 5.91 Å². The maximum absolute atomic E-state index is 12.5. The summed E-state index contributed by atoms with van der Waals surface area (Å²) < 4.78 is 2.20. The van der Waals surface area contributed by atoms with E-state index in [2.05, 4.69) is 31.6 Å². The van der Waals surface area contributed by atoms with Crippen LogP contribution in [0.15, 0.2) is 67.3 Å². The summed E-state index contributed by atoms with van der Waals surface area (Å²) in [5, 5.41) is 0. The van der Waals surface area contributed by atoms with Crippen molar-refractivity contribution in [3.8, 4) is 11.4 Å². The Morgan fingerprint density at radius 1 is 0.926 bits per heavy atom. The Morgan fingerprint density at radius 3 is 2.48 bits per heavy atom. The summed E-state index contributed by atoms with van der Waals surface area (Å²) in [5.74, 6) is 1.07. The average Bonchev–Trinajstić information content (AvgIpc) is 3.22. The molecular formula is C21H23N5O. The predicted molar refractivity (Wildman–Crippen MR) is 104 cm³/mol. The van der Waals surface area contributed by atoms with Gasteiger partial charge < -0.3 is 9.47 Å². The van der Waals surface area contributed by atoms with Gasteiger partial charge in [0.2, 0.25) is 0 Å². The Labute approximate surface area is 159 Å². The van der Waals surface area contributed by atoms with Gasteiger partial charge in [0.1, 0.15) is 5.82 Å². The number of hydrogen-bond donors (Lipinski definition) is 0. The van der Waals surface area contributed by atoms with Crippen LogP contribution >= 0.6 is 0 Å². The lowest BCUT2D eigenvalue weighted by atomic mass is 10.2. The molecule has 1 aromatic carbocycles. The van der Waals surface area contributed by atoms with Crippen molar-refractivity contribution in [3.05, 3.63) is 72.8 Å². The van der Waals surface area contributed by atoms with E-state index in [1.165, 1.54) is 0 Å². The van der Waals surface area contributed by atoms with E-state index in [-0.39, 0.29) is 5.91 Å². The summed E-state index contributed by atoms with van der Waals surface area (Å²) in [6.45, 7) is 5.13. The molecule has 2 aromatic heterocycles. The van der Waals surface area contributed by atoms with Crippen molar-refractivity contribution in [1.82, 2.24) is 24.3 Å². The monoisotopic (exact) mass is 361 g/mol. The van der Waals surface area contributed by atoms with Crippen LogP contribution in [0, 0.1) is 0 Å². The zero-order valence-electron chi connectivity index (χ0n) is 15.2. The normalized spacial score (nSPS) is 15.0. The number of hydrogen-bond acceptors (Lipinski definition) is 4. The van der Waals surface area contributed by atoms with Crippen LogP contribution in [0.3, 0.4) is 0 Å². The number of imidazole rings is 1. The fourth-order valence-corrected chi connectivity index (χ4v) is 3.43. The molecule has 0 N–H and O–H groups in total. The number of aromatic nitrogens is 3. The molecule has 6 nitrogen and oxygen atoms in total. The van der Waals surface area contributed by atoms with Crippen LogP contribution in [0.4, 0.5) is 0 Å². The summed E-state index contributed by atoms with van der Waals surface area (Å²) in [7, 11) is 0. The molecule has 3 heterocycles. The second-order valence-electron chi connectivity index (χ2n) is 6.69. The van der Waals surface area contributed by atoms with Crippen molar-refractivity contribution in [2.45, 2.75) is 6.54 Å². The Hall–Kier alpha value is -2.99. The number of benzene rings is 1. The molecule has 6 heteroatoms. The maximum atomic E-state index is 12.5. The molecule has 1 aliphatic rings. The number of carbonyl (C=O) groups excluding carboxylic acids is 1. The van der Waals surface area contributed by atoms with Gasteiger partial charge in [-0.05, 0) is 12.1 Å². The standard InChI is InChI=1S/C21H23N5O/c27-21(19-7-4-8-22-17-19)26-15-12-24(13-16-26)11-14-25-10-9-23-20(25)18-5-2-1-3-6-18/h1-10,17H,11-16H2. The molecular weight excluding hydrogens is 338 g/mol. The van der Waals surface area contributed by atoms with Crippen LogP contribution in [0.1, 0.15) is 10.4 Å². The van der Waals surface area contributed by atoms with Gasteiger partial charge in [0.25, 0.3) is 5.91 Å². The Kier molecular flexibility index (Phi) is 5.25. The quantitative estimate of drug-likeness (QED) is 0.700. The molecule has 0 atom stereocenters. The van der Waals surface area contributed by atoms with Crippen molar-refractivity contribution < 1.29 is 4.79 Å². The molecule has 1 aliphatic heterocycles. The topological polar surface area (TPSA) is 54.3 Å². The molecule has 0 unspecified atom stereocenters. The van der Waals surface area contributed by atoms with E-state index < -0.39 is 0 Å². The third kappa shape index (κ3) is 4.06. The Balaban J connectivity index is 1.31. The summed E-state index contributed by atoms with van der Waals surface area (Å²) in [6.07, 6.45) is 7.21. The minimum atomic E-state index is 0.0729. The molecule has 0 aliphatic carbocycles. The molecule has 1 amide bonds. The third-order valence-electron chi connectivity index (χ3n) is 4.97. The fourth-order valence-electron chi connectivity index (χ4n) is 3.43.